The number of aryl methyl sites for hydroxylation is 1. The zero-order chi connectivity index (χ0) is 11.5. The van der Waals surface area contributed by atoms with Crippen LogP contribution in [0, 0.1) is 6.92 Å². The standard InChI is InChI=1S/C14H16N2/c1-4-12-13(5-2)15-16-14(12)11-8-6-10(3)7-9-11/h4-9,15H,1-3H3/b12-4+,13-5+. The van der Waals surface area contributed by atoms with Crippen molar-refractivity contribution in [2.75, 3.05) is 0 Å². The van der Waals surface area contributed by atoms with E-state index in [2.05, 4.69) is 47.5 Å². The molecule has 2 rings (SSSR count). The van der Waals surface area contributed by atoms with Gasteiger partial charge in [-0.1, -0.05) is 42.0 Å². The smallest absolute Gasteiger partial charge is 0.0995 e. The van der Waals surface area contributed by atoms with Gasteiger partial charge >= 0.3 is 0 Å². The van der Waals surface area contributed by atoms with Crippen LogP contribution >= 0.6 is 0 Å². The van der Waals surface area contributed by atoms with Crippen molar-refractivity contribution in [2.45, 2.75) is 20.8 Å². The summed E-state index contributed by atoms with van der Waals surface area (Å²) >= 11 is 0. The van der Waals surface area contributed by atoms with Crippen LogP contribution in [0.3, 0.4) is 0 Å². The Hall–Kier alpha value is -1.83. The minimum absolute atomic E-state index is 1.02. The van der Waals surface area contributed by atoms with Crippen molar-refractivity contribution in [1.82, 2.24) is 10.2 Å². The zero-order valence-corrected chi connectivity index (χ0v) is 9.91. The molecule has 16 heavy (non-hydrogen) atoms. The molecule has 1 aromatic heterocycles. The van der Waals surface area contributed by atoms with Gasteiger partial charge in [0.2, 0.25) is 0 Å². The summed E-state index contributed by atoms with van der Waals surface area (Å²) in [6.45, 7) is 6.14. The van der Waals surface area contributed by atoms with E-state index >= 15 is 0 Å². The van der Waals surface area contributed by atoms with Gasteiger partial charge in [0.25, 0.3) is 0 Å². The lowest BCUT2D eigenvalue weighted by molar-refractivity contribution is 1.06. The Morgan fingerprint density at radius 2 is 1.75 bits per heavy atom. The van der Waals surface area contributed by atoms with E-state index in [1.54, 1.807) is 0 Å². The van der Waals surface area contributed by atoms with Crippen molar-refractivity contribution >= 4 is 12.2 Å². The van der Waals surface area contributed by atoms with Crippen molar-refractivity contribution in [1.29, 1.82) is 0 Å². The molecule has 0 bridgehead atoms. The molecule has 0 aliphatic heterocycles. The fraction of sp³-hybridized carbons (Fsp3) is 0.214. The maximum absolute atomic E-state index is 4.37. The highest BCUT2D eigenvalue weighted by atomic mass is 15.1. The highest BCUT2D eigenvalue weighted by Gasteiger charge is 2.03. The third kappa shape index (κ3) is 1.78. The molecule has 0 radical (unpaired) electrons. The molecule has 0 aliphatic rings. The maximum atomic E-state index is 4.37. The van der Waals surface area contributed by atoms with Crippen molar-refractivity contribution in [3.8, 4) is 11.3 Å². The van der Waals surface area contributed by atoms with Crippen LogP contribution < -0.4 is 10.6 Å². The molecule has 0 saturated carbocycles. The highest BCUT2D eigenvalue weighted by Crippen LogP contribution is 2.12. The maximum Gasteiger partial charge on any atom is 0.0995 e. The van der Waals surface area contributed by atoms with Crippen LogP contribution in [-0.4, -0.2) is 10.2 Å². The number of aromatic nitrogens is 2. The van der Waals surface area contributed by atoms with Gasteiger partial charge < -0.3 is 0 Å². The van der Waals surface area contributed by atoms with Crippen molar-refractivity contribution < 1.29 is 0 Å². The molecule has 0 unspecified atom stereocenters. The monoisotopic (exact) mass is 212 g/mol. The first-order valence-electron chi connectivity index (χ1n) is 5.50. The van der Waals surface area contributed by atoms with Crippen molar-refractivity contribution in [3.63, 3.8) is 0 Å². The molecule has 0 saturated heterocycles. The van der Waals surface area contributed by atoms with Crippen LogP contribution in [0.2, 0.25) is 0 Å². The Labute approximate surface area is 95.3 Å². The van der Waals surface area contributed by atoms with E-state index in [-0.39, 0.29) is 0 Å². The molecule has 2 nitrogen and oxygen atoms in total. The van der Waals surface area contributed by atoms with E-state index < -0.39 is 0 Å². The Bertz CT molecular complexity index is 589. The molecule has 1 aromatic carbocycles. The number of aromatic amines is 1. The summed E-state index contributed by atoms with van der Waals surface area (Å²) in [4.78, 5) is 0. The second kappa shape index (κ2) is 4.35. The summed E-state index contributed by atoms with van der Waals surface area (Å²) in [5.74, 6) is 0. The van der Waals surface area contributed by atoms with E-state index in [0.717, 1.165) is 16.6 Å². The minimum Gasteiger partial charge on any atom is -0.278 e. The van der Waals surface area contributed by atoms with Crippen LogP contribution in [0.15, 0.2) is 24.3 Å². The normalized spacial score (nSPS) is 13.4. The summed E-state index contributed by atoms with van der Waals surface area (Å²) in [6, 6.07) is 8.44. The SMILES string of the molecule is C/C=c1/c(-c2ccc(C)cc2)n[nH]/c1=C/C. The first kappa shape index (κ1) is 10.7. The molecular formula is C14H16N2. The third-order valence-corrected chi connectivity index (χ3v) is 2.74. The fourth-order valence-corrected chi connectivity index (χ4v) is 1.81. The number of hydrogen-bond acceptors (Lipinski definition) is 1. The van der Waals surface area contributed by atoms with E-state index in [0.29, 0.717) is 0 Å². The summed E-state index contributed by atoms with van der Waals surface area (Å²) < 4.78 is 0. The van der Waals surface area contributed by atoms with Crippen LogP contribution in [-0.2, 0) is 0 Å². The summed E-state index contributed by atoms with van der Waals surface area (Å²) in [6.07, 6.45) is 4.13. The van der Waals surface area contributed by atoms with Gasteiger partial charge in [-0.25, -0.2) is 0 Å². The number of nitrogens with one attached hydrogen (secondary N) is 1. The van der Waals surface area contributed by atoms with E-state index in [9.17, 15) is 0 Å². The summed E-state index contributed by atoms with van der Waals surface area (Å²) in [5, 5.41) is 9.68. The number of nitrogens with zero attached hydrogens (tertiary/aromatic N) is 1. The average Bonchev–Trinajstić information content (AvgIpc) is 2.72. The summed E-state index contributed by atoms with van der Waals surface area (Å²) in [7, 11) is 0. The van der Waals surface area contributed by atoms with Crippen LogP contribution in [0.4, 0.5) is 0 Å². The van der Waals surface area contributed by atoms with Crippen molar-refractivity contribution in [2.24, 2.45) is 0 Å². The number of benzene rings is 1. The Kier molecular flexibility index (Phi) is 2.91. The Balaban J connectivity index is 2.66. The van der Waals surface area contributed by atoms with Gasteiger partial charge in [0.1, 0.15) is 0 Å². The second-order valence-corrected chi connectivity index (χ2v) is 3.84. The summed E-state index contributed by atoms with van der Waals surface area (Å²) in [5.41, 5.74) is 3.45. The largest absolute Gasteiger partial charge is 0.278 e. The minimum atomic E-state index is 1.02. The molecule has 2 aromatic rings. The predicted octanol–water partition coefficient (Wildman–Crippen LogP) is 1.99. The first-order chi connectivity index (χ1) is 7.76. The molecule has 0 amide bonds. The second-order valence-electron chi connectivity index (χ2n) is 3.84. The molecule has 0 atom stereocenters. The molecule has 2 heteroatoms. The zero-order valence-electron chi connectivity index (χ0n) is 9.91. The molecule has 0 aliphatic carbocycles. The molecule has 1 heterocycles. The van der Waals surface area contributed by atoms with Gasteiger partial charge in [0.05, 0.1) is 11.0 Å². The van der Waals surface area contributed by atoms with Gasteiger partial charge in [-0.3, -0.25) is 5.10 Å². The number of H-pyrrole nitrogens is 1. The Morgan fingerprint density at radius 3 is 2.31 bits per heavy atom. The van der Waals surface area contributed by atoms with Crippen LogP contribution in [0.25, 0.3) is 23.4 Å². The molecule has 0 spiro atoms. The van der Waals surface area contributed by atoms with Gasteiger partial charge in [0.15, 0.2) is 0 Å². The van der Waals surface area contributed by atoms with Crippen LogP contribution in [0.1, 0.15) is 19.4 Å². The van der Waals surface area contributed by atoms with E-state index in [1.165, 1.54) is 10.8 Å². The number of rotatable bonds is 1. The van der Waals surface area contributed by atoms with Gasteiger partial charge in [0, 0.05) is 10.8 Å². The average molecular weight is 212 g/mol. The topological polar surface area (TPSA) is 28.7 Å². The van der Waals surface area contributed by atoms with Gasteiger partial charge in [-0.15, -0.1) is 0 Å². The predicted molar refractivity (Wildman–Crippen MR) is 68.3 cm³/mol. The lowest BCUT2D eigenvalue weighted by Gasteiger charge is -1.97. The highest BCUT2D eigenvalue weighted by molar-refractivity contribution is 5.61. The third-order valence-electron chi connectivity index (χ3n) is 2.74. The first-order valence-corrected chi connectivity index (χ1v) is 5.50. The Morgan fingerprint density at radius 1 is 1.06 bits per heavy atom. The van der Waals surface area contributed by atoms with Gasteiger partial charge in [-0.05, 0) is 20.8 Å². The number of hydrogen-bond donors (Lipinski definition) is 1. The lowest BCUT2D eigenvalue weighted by atomic mass is 10.1. The van der Waals surface area contributed by atoms with Crippen LogP contribution in [0.5, 0.6) is 0 Å². The molecule has 0 fully saturated rings. The molecular weight excluding hydrogens is 196 g/mol. The molecule has 1 N–H and O–H groups in total. The fourth-order valence-electron chi connectivity index (χ4n) is 1.81. The quantitative estimate of drug-likeness (QED) is 0.769. The van der Waals surface area contributed by atoms with E-state index in [1.807, 2.05) is 19.9 Å². The molecule has 82 valence electrons. The van der Waals surface area contributed by atoms with Gasteiger partial charge in [-0.2, -0.15) is 5.10 Å². The lowest BCUT2D eigenvalue weighted by Crippen LogP contribution is -2.22. The van der Waals surface area contributed by atoms with Crippen molar-refractivity contribution in [3.05, 3.63) is 40.4 Å². The van der Waals surface area contributed by atoms with E-state index in [4.69, 9.17) is 0 Å².